The van der Waals surface area contributed by atoms with Gasteiger partial charge in [0.2, 0.25) is 12.2 Å². The van der Waals surface area contributed by atoms with Crippen molar-refractivity contribution < 1.29 is 53.5 Å². The molecule has 3 atom stereocenters. The minimum absolute atomic E-state index is 0.00388. The molecule has 0 radical (unpaired) electrons. The quantitative estimate of drug-likeness (QED) is 0.0905. The number of aromatic hydroxyl groups is 1. The first-order valence-corrected chi connectivity index (χ1v) is 16.9. The normalized spacial score (nSPS) is 12.5. The van der Waals surface area contributed by atoms with Crippen LogP contribution in [0.5, 0.6) is 5.75 Å². The number of carbonyl (C=O) groups excluding carboxylic acids is 3. The first kappa shape index (κ1) is 41.4. The van der Waals surface area contributed by atoms with Crippen LogP contribution in [0, 0.1) is 0 Å². The molecular formula is C41H45NO11. The molecule has 4 aromatic carbocycles. The van der Waals surface area contributed by atoms with Gasteiger partial charge in [0, 0.05) is 23.6 Å². The third-order valence-corrected chi connectivity index (χ3v) is 8.28. The number of aliphatic carboxylic acids is 2. The fourth-order valence-corrected chi connectivity index (χ4v) is 5.65. The van der Waals surface area contributed by atoms with Crippen molar-refractivity contribution in [2.75, 3.05) is 13.7 Å². The summed E-state index contributed by atoms with van der Waals surface area (Å²) >= 11 is 0. The third-order valence-electron chi connectivity index (χ3n) is 8.28. The Morgan fingerprint density at radius 1 is 0.604 bits per heavy atom. The molecule has 0 fully saturated rings. The number of phenols is 1. The Hall–Kier alpha value is -6.01. The zero-order chi connectivity index (χ0) is 39.1. The lowest BCUT2D eigenvalue weighted by molar-refractivity contribution is -0.166. The number of esters is 3. The second-order valence-electron chi connectivity index (χ2n) is 12.5. The van der Waals surface area contributed by atoms with Gasteiger partial charge in [-0.05, 0) is 88.7 Å². The van der Waals surface area contributed by atoms with Crippen LogP contribution in [0.4, 0.5) is 0 Å². The topological polar surface area (TPSA) is 177 Å². The van der Waals surface area contributed by atoms with Gasteiger partial charge in [-0.25, -0.2) is 24.0 Å². The summed E-state index contributed by atoms with van der Waals surface area (Å²) in [5, 5.41) is 29.0. The van der Waals surface area contributed by atoms with Gasteiger partial charge in [0.05, 0.1) is 23.8 Å². The Bertz CT molecular complexity index is 1730. The summed E-state index contributed by atoms with van der Waals surface area (Å²) in [6.45, 7) is 9.70. The molecule has 0 bridgehead atoms. The standard InChI is InChI=1S/C23H31NO3.C18H14O8/c1-16(2)24(17(3)4)14-13-20(18-9-7-6-8-10-18)21-15-19(23(26)27-5)11-12-22(21)25;19-15(20)13(25-17(23)11-7-3-1-4-8-11)14(16(21)22)26-18(24)12-9-5-2-6-10-12/h6-12,15-17,20,25H,13-14H2,1-5H3;1-10,13-14H,(H,19,20)(H,21,22). The van der Waals surface area contributed by atoms with Crippen LogP contribution in [-0.4, -0.2) is 88.0 Å². The number of carboxylic acid groups (broad SMARTS) is 2. The fraction of sp³-hybridized carbons (Fsp3) is 0.293. The molecule has 0 aromatic heterocycles. The summed E-state index contributed by atoms with van der Waals surface area (Å²) in [6.07, 6.45) is -3.58. The highest BCUT2D eigenvalue weighted by molar-refractivity contribution is 5.95. The summed E-state index contributed by atoms with van der Waals surface area (Å²) in [5.41, 5.74) is 2.39. The predicted molar refractivity (Wildman–Crippen MR) is 196 cm³/mol. The van der Waals surface area contributed by atoms with E-state index in [4.69, 9.17) is 14.2 Å². The third kappa shape index (κ3) is 12.0. The van der Waals surface area contributed by atoms with Crippen LogP contribution >= 0.6 is 0 Å². The van der Waals surface area contributed by atoms with Crippen LogP contribution in [0.25, 0.3) is 0 Å². The second-order valence-corrected chi connectivity index (χ2v) is 12.5. The number of hydrogen-bond acceptors (Lipinski definition) is 10. The number of carboxylic acids is 2. The molecule has 0 amide bonds. The number of rotatable bonds is 15. The van der Waals surface area contributed by atoms with Crippen molar-refractivity contribution in [1.82, 2.24) is 4.90 Å². The van der Waals surface area contributed by atoms with E-state index in [9.17, 15) is 39.3 Å². The molecule has 4 aromatic rings. The summed E-state index contributed by atoms with van der Waals surface area (Å²) < 4.78 is 14.4. The Morgan fingerprint density at radius 3 is 1.43 bits per heavy atom. The molecule has 0 heterocycles. The fourth-order valence-electron chi connectivity index (χ4n) is 5.65. The Labute approximate surface area is 308 Å². The Kier molecular flexibility index (Phi) is 15.7. The smallest absolute Gasteiger partial charge is 0.349 e. The Morgan fingerprint density at radius 2 is 1.04 bits per heavy atom. The molecule has 3 N–H and O–H groups in total. The summed E-state index contributed by atoms with van der Waals surface area (Å²) in [7, 11) is 1.37. The van der Waals surface area contributed by atoms with E-state index in [1.54, 1.807) is 30.3 Å². The van der Waals surface area contributed by atoms with Crippen molar-refractivity contribution in [3.63, 3.8) is 0 Å². The molecule has 12 heteroatoms. The van der Waals surface area contributed by atoms with Gasteiger partial charge < -0.3 is 29.5 Å². The molecule has 0 aliphatic heterocycles. The average Bonchev–Trinajstić information content (AvgIpc) is 3.15. The van der Waals surface area contributed by atoms with Crippen LogP contribution in [0.3, 0.4) is 0 Å². The first-order valence-electron chi connectivity index (χ1n) is 16.9. The van der Waals surface area contributed by atoms with Gasteiger partial charge in [0.15, 0.2) is 0 Å². The maximum Gasteiger partial charge on any atom is 0.349 e. The van der Waals surface area contributed by atoms with Crippen LogP contribution < -0.4 is 0 Å². The molecule has 0 aliphatic rings. The molecule has 0 saturated heterocycles. The minimum Gasteiger partial charge on any atom is -0.508 e. The van der Waals surface area contributed by atoms with E-state index in [2.05, 4.69) is 44.7 Å². The van der Waals surface area contributed by atoms with Crippen molar-refractivity contribution in [3.8, 4) is 5.75 Å². The van der Waals surface area contributed by atoms with Crippen molar-refractivity contribution in [3.05, 3.63) is 137 Å². The monoisotopic (exact) mass is 727 g/mol. The van der Waals surface area contributed by atoms with Crippen LogP contribution in [0.15, 0.2) is 109 Å². The van der Waals surface area contributed by atoms with E-state index >= 15 is 0 Å². The number of benzene rings is 4. The van der Waals surface area contributed by atoms with Crippen LogP contribution in [0.2, 0.25) is 0 Å². The summed E-state index contributed by atoms with van der Waals surface area (Å²) in [5.74, 6) is -5.83. The van der Waals surface area contributed by atoms with E-state index in [1.807, 2.05) is 18.2 Å². The highest BCUT2D eigenvalue weighted by atomic mass is 16.6. The van der Waals surface area contributed by atoms with Crippen molar-refractivity contribution in [1.29, 1.82) is 0 Å². The molecule has 0 spiro atoms. The lowest BCUT2D eigenvalue weighted by Gasteiger charge is -2.32. The molecular weight excluding hydrogens is 682 g/mol. The highest BCUT2D eigenvalue weighted by Gasteiger charge is 2.41. The number of ether oxygens (including phenoxy) is 3. The van der Waals surface area contributed by atoms with Gasteiger partial charge >= 0.3 is 29.8 Å². The van der Waals surface area contributed by atoms with E-state index < -0.39 is 42.1 Å². The zero-order valence-corrected chi connectivity index (χ0v) is 30.2. The minimum atomic E-state index is -2.21. The second kappa shape index (κ2) is 20.1. The number of hydrogen-bond donors (Lipinski definition) is 3. The first-order chi connectivity index (χ1) is 25.2. The molecule has 0 aliphatic carbocycles. The van der Waals surface area contributed by atoms with Crippen molar-refractivity contribution in [2.24, 2.45) is 0 Å². The summed E-state index contributed by atoms with van der Waals surface area (Å²) in [6, 6.07) is 30.8. The van der Waals surface area contributed by atoms with Crippen molar-refractivity contribution in [2.45, 2.75) is 64.3 Å². The molecule has 4 rings (SSSR count). The van der Waals surface area contributed by atoms with Gasteiger partial charge in [-0.2, -0.15) is 0 Å². The molecule has 280 valence electrons. The predicted octanol–water partition coefficient (Wildman–Crippen LogP) is 6.43. The van der Waals surface area contributed by atoms with E-state index in [1.165, 1.54) is 55.6 Å². The van der Waals surface area contributed by atoms with Gasteiger partial charge in [0.1, 0.15) is 5.75 Å². The lowest BCUT2D eigenvalue weighted by atomic mass is 9.86. The number of phenolic OH excluding ortho intramolecular Hbond substituents is 1. The zero-order valence-electron chi connectivity index (χ0n) is 30.2. The van der Waals surface area contributed by atoms with Crippen molar-refractivity contribution >= 4 is 29.8 Å². The van der Waals surface area contributed by atoms with E-state index in [0.717, 1.165) is 24.1 Å². The molecule has 12 nitrogen and oxygen atoms in total. The van der Waals surface area contributed by atoms with E-state index in [-0.39, 0.29) is 22.8 Å². The Balaban J connectivity index is 0.000000286. The number of nitrogens with zero attached hydrogens (tertiary/aromatic N) is 1. The SMILES string of the molecule is COC(=O)c1ccc(O)c(C(CCN(C(C)C)C(C)C)c2ccccc2)c1.O=C(OC(C(=O)O)C(OC(=O)c1ccccc1)C(=O)O)c1ccccc1. The molecule has 53 heavy (non-hydrogen) atoms. The van der Waals surface area contributed by atoms with Gasteiger partial charge in [0.25, 0.3) is 0 Å². The molecule has 3 unspecified atom stereocenters. The maximum absolute atomic E-state index is 12.0. The van der Waals surface area contributed by atoms with E-state index in [0.29, 0.717) is 17.6 Å². The van der Waals surface area contributed by atoms with Gasteiger partial charge in [-0.15, -0.1) is 0 Å². The molecule has 0 saturated carbocycles. The highest BCUT2D eigenvalue weighted by Crippen LogP contribution is 2.35. The lowest BCUT2D eigenvalue weighted by Crippen LogP contribution is -2.45. The average molecular weight is 728 g/mol. The van der Waals surface area contributed by atoms with Crippen LogP contribution in [-0.2, 0) is 23.8 Å². The van der Waals surface area contributed by atoms with Gasteiger partial charge in [-0.1, -0.05) is 66.7 Å². The van der Waals surface area contributed by atoms with Crippen LogP contribution in [0.1, 0.15) is 82.2 Å². The maximum atomic E-state index is 12.0. The van der Waals surface area contributed by atoms with Gasteiger partial charge in [-0.3, -0.25) is 4.90 Å². The summed E-state index contributed by atoms with van der Waals surface area (Å²) in [4.78, 5) is 61.3. The largest absolute Gasteiger partial charge is 0.508 e. The number of carbonyl (C=O) groups is 5. The number of methoxy groups -OCH3 is 1.